The maximum atomic E-state index is 15.8. The van der Waals surface area contributed by atoms with Crippen molar-refractivity contribution in [3.63, 3.8) is 0 Å². The van der Waals surface area contributed by atoms with Crippen molar-refractivity contribution in [1.29, 1.82) is 0 Å². The summed E-state index contributed by atoms with van der Waals surface area (Å²) < 4.78 is 73.7. The van der Waals surface area contributed by atoms with Crippen LogP contribution in [0, 0.1) is 24.4 Å². The molecule has 0 spiro atoms. The Balaban J connectivity index is 1.29. The van der Waals surface area contributed by atoms with E-state index in [2.05, 4.69) is 9.97 Å². The standard InChI is InChI=1S/C34H31F4N3O4/c1-20-5-6-22(25(35)13-20)18-45-32-4-2-3-28(40-32)24-17-26(36)23(14-27(24)37)16-31-39-29-8-7-21(33(42)43)15-30(29)41(31)19-34(38)9-11-44-12-10-34/h2-8,13-15,17,33,42-43H,9-12,16,18-19H2,1H3. The number of halogens is 4. The average Bonchev–Trinajstić information content (AvgIpc) is 3.34. The lowest BCUT2D eigenvalue weighted by Gasteiger charge is -2.30. The molecule has 5 aromatic rings. The summed E-state index contributed by atoms with van der Waals surface area (Å²) in [6, 6.07) is 16.1. The maximum absolute atomic E-state index is 15.8. The van der Waals surface area contributed by atoms with Crippen molar-refractivity contribution in [2.45, 2.75) is 51.3 Å². The Kier molecular flexibility index (Phi) is 8.59. The number of aryl methyl sites for hydroxylation is 1. The predicted molar refractivity (Wildman–Crippen MR) is 159 cm³/mol. The fourth-order valence-corrected chi connectivity index (χ4v) is 5.50. The first-order valence-corrected chi connectivity index (χ1v) is 14.5. The number of hydrogen-bond donors (Lipinski definition) is 2. The molecule has 0 radical (unpaired) electrons. The Bertz CT molecular complexity index is 1850. The van der Waals surface area contributed by atoms with Gasteiger partial charge in [0.15, 0.2) is 6.29 Å². The zero-order valence-electron chi connectivity index (χ0n) is 24.4. The first-order chi connectivity index (χ1) is 21.6. The quantitative estimate of drug-likeness (QED) is 0.144. The number of aromatic nitrogens is 3. The largest absolute Gasteiger partial charge is 0.473 e. The van der Waals surface area contributed by atoms with Gasteiger partial charge in [0.25, 0.3) is 0 Å². The Morgan fingerprint density at radius 1 is 0.911 bits per heavy atom. The summed E-state index contributed by atoms with van der Waals surface area (Å²) in [5, 5.41) is 19.4. The number of ether oxygens (including phenoxy) is 2. The van der Waals surface area contributed by atoms with E-state index >= 15 is 13.2 Å². The van der Waals surface area contributed by atoms with E-state index in [1.54, 1.807) is 41.8 Å². The minimum absolute atomic E-state index is 0.00245. The van der Waals surface area contributed by atoms with Crippen LogP contribution in [-0.4, -0.2) is 43.6 Å². The second-order valence-corrected chi connectivity index (χ2v) is 11.3. The molecule has 11 heteroatoms. The molecule has 7 nitrogen and oxygen atoms in total. The van der Waals surface area contributed by atoms with Crippen LogP contribution in [0.4, 0.5) is 17.6 Å². The number of imidazole rings is 1. The smallest absolute Gasteiger partial charge is 0.214 e. The van der Waals surface area contributed by atoms with Crippen LogP contribution >= 0.6 is 0 Å². The van der Waals surface area contributed by atoms with Gasteiger partial charge in [-0.3, -0.25) is 0 Å². The number of pyridine rings is 1. The molecule has 1 fully saturated rings. The van der Waals surface area contributed by atoms with Crippen molar-refractivity contribution in [2.75, 3.05) is 13.2 Å². The second kappa shape index (κ2) is 12.6. The van der Waals surface area contributed by atoms with E-state index in [1.807, 2.05) is 0 Å². The van der Waals surface area contributed by atoms with Crippen molar-refractivity contribution in [2.24, 2.45) is 0 Å². The van der Waals surface area contributed by atoms with Crippen LogP contribution in [0.3, 0.4) is 0 Å². The van der Waals surface area contributed by atoms with Gasteiger partial charge in [0.2, 0.25) is 5.88 Å². The molecule has 234 valence electrons. The molecule has 1 saturated heterocycles. The van der Waals surface area contributed by atoms with Crippen LogP contribution < -0.4 is 4.74 Å². The van der Waals surface area contributed by atoms with Crippen molar-refractivity contribution in [3.8, 4) is 17.1 Å². The summed E-state index contributed by atoms with van der Waals surface area (Å²) >= 11 is 0. The molecule has 1 aliphatic heterocycles. The summed E-state index contributed by atoms with van der Waals surface area (Å²) in [6.45, 7) is 2.08. The molecule has 0 saturated carbocycles. The number of benzene rings is 3. The van der Waals surface area contributed by atoms with E-state index in [9.17, 15) is 14.6 Å². The summed E-state index contributed by atoms with van der Waals surface area (Å²) in [5.74, 6) is -1.45. The minimum Gasteiger partial charge on any atom is -0.473 e. The first kappa shape index (κ1) is 30.7. The highest BCUT2D eigenvalue weighted by molar-refractivity contribution is 5.77. The van der Waals surface area contributed by atoms with Gasteiger partial charge in [-0.25, -0.2) is 27.5 Å². The molecule has 0 atom stereocenters. The monoisotopic (exact) mass is 621 g/mol. The topological polar surface area (TPSA) is 89.6 Å². The second-order valence-electron chi connectivity index (χ2n) is 11.3. The molecule has 2 N–H and O–H groups in total. The van der Waals surface area contributed by atoms with Crippen LogP contribution in [0.5, 0.6) is 5.88 Å². The van der Waals surface area contributed by atoms with E-state index in [0.717, 1.165) is 17.7 Å². The zero-order chi connectivity index (χ0) is 31.7. The molecular formula is C34H31F4N3O4. The molecule has 45 heavy (non-hydrogen) atoms. The van der Waals surface area contributed by atoms with Gasteiger partial charge in [0.1, 0.15) is 35.6 Å². The van der Waals surface area contributed by atoms with Crippen molar-refractivity contribution >= 4 is 11.0 Å². The first-order valence-electron chi connectivity index (χ1n) is 14.5. The Hall–Kier alpha value is -4.32. The fraction of sp³-hybridized carbons (Fsp3) is 0.294. The normalized spacial score (nSPS) is 14.8. The highest BCUT2D eigenvalue weighted by atomic mass is 19.1. The van der Waals surface area contributed by atoms with Crippen LogP contribution in [0.1, 0.15) is 47.2 Å². The Morgan fingerprint density at radius 3 is 2.44 bits per heavy atom. The fourth-order valence-electron chi connectivity index (χ4n) is 5.50. The number of fused-ring (bicyclic) bond motifs is 1. The number of nitrogens with zero attached hydrogens (tertiary/aromatic N) is 3. The van der Waals surface area contributed by atoms with Crippen molar-refractivity contribution in [3.05, 3.63) is 112 Å². The van der Waals surface area contributed by atoms with Crippen LogP contribution in [0.2, 0.25) is 0 Å². The van der Waals surface area contributed by atoms with Crippen LogP contribution in [0.15, 0.2) is 66.7 Å². The van der Waals surface area contributed by atoms with Gasteiger partial charge in [-0.1, -0.05) is 24.3 Å². The number of aliphatic hydroxyl groups is 2. The number of alkyl halides is 1. The maximum Gasteiger partial charge on any atom is 0.214 e. The summed E-state index contributed by atoms with van der Waals surface area (Å²) in [5.41, 5.74) is 0.611. The van der Waals surface area contributed by atoms with Gasteiger partial charge in [0, 0.05) is 55.2 Å². The van der Waals surface area contributed by atoms with Gasteiger partial charge >= 0.3 is 0 Å². The van der Waals surface area contributed by atoms with E-state index in [4.69, 9.17) is 9.47 Å². The van der Waals surface area contributed by atoms with Crippen LogP contribution in [0.25, 0.3) is 22.3 Å². The van der Waals surface area contributed by atoms with Gasteiger partial charge in [-0.2, -0.15) is 0 Å². The van der Waals surface area contributed by atoms with Crippen molar-refractivity contribution in [1.82, 2.24) is 14.5 Å². The predicted octanol–water partition coefficient (Wildman–Crippen LogP) is 6.50. The lowest BCUT2D eigenvalue weighted by atomic mass is 9.96. The molecule has 3 aromatic carbocycles. The SMILES string of the molecule is Cc1ccc(COc2cccc(-c3cc(F)c(Cc4nc5ccc(C(O)O)cc5n4CC4(F)CCOCC4)cc3F)n2)c(F)c1. The molecule has 0 amide bonds. The molecule has 0 bridgehead atoms. The molecule has 1 aliphatic rings. The third kappa shape index (κ3) is 6.70. The lowest BCUT2D eigenvalue weighted by molar-refractivity contribution is -0.0424. The van der Waals surface area contributed by atoms with E-state index < -0.39 is 29.4 Å². The molecular weight excluding hydrogens is 590 g/mol. The molecule has 2 aromatic heterocycles. The van der Waals surface area contributed by atoms with Gasteiger partial charge in [-0.05, 0) is 54.4 Å². The molecule has 6 rings (SSSR count). The highest BCUT2D eigenvalue weighted by Crippen LogP contribution is 2.32. The highest BCUT2D eigenvalue weighted by Gasteiger charge is 2.34. The molecule has 0 unspecified atom stereocenters. The Labute approximate surface area is 256 Å². The number of hydrogen-bond acceptors (Lipinski definition) is 6. The number of aliphatic hydroxyl groups excluding tert-OH is 1. The van der Waals surface area contributed by atoms with Crippen molar-refractivity contribution < 1.29 is 37.2 Å². The summed E-state index contributed by atoms with van der Waals surface area (Å²) in [7, 11) is 0. The minimum atomic E-state index is -1.75. The van der Waals surface area contributed by atoms with E-state index in [1.165, 1.54) is 24.3 Å². The van der Waals surface area contributed by atoms with E-state index in [0.29, 0.717) is 22.4 Å². The summed E-state index contributed by atoms with van der Waals surface area (Å²) in [4.78, 5) is 8.88. The molecule has 0 aliphatic carbocycles. The number of rotatable bonds is 9. The summed E-state index contributed by atoms with van der Waals surface area (Å²) in [6.07, 6.45) is -1.59. The molecule has 3 heterocycles. The third-order valence-corrected chi connectivity index (χ3v) is 8.05. The van der Waals surface area contributed by atoms with Gasteiger partial charge in [-0.15, -0.1) is 0 Å². The average molecular weight is 622 g/mol. The third-order valence-electron chi connectivity index (χ3n) is 8.05. The van der Waals surface area contributed by atoms with Gasteiger partial charge in [0.05, 0.1) is 23.3 Å². The zero-order valence-corrected chi connectivity index (χ0v) is 24.4. The van der Waals surface area contributed by atoms with E-state index in [-0.39, 0.29) is 73.9 Å². The Morgan fingerprint density at radius 2 is 1.69 bits per heavy atom. The van der Waals surface area contributed by atoms with Crippen LogP contribution in [-0.2, 0) is 24.3 Å². The lowest BCUT2D eigenvalue weighted by Crippen LogP contribution is -2.36. The van der Waals surface area contributed by atoms with Gasteiger partial charge < -0.3 is 24.3 Å².